The molecule has 0 aliphatic carbocycles. The van der Waals surface area contributed by atoms with E-state index in [1.54, 1.807) is 0 Å². The smallest absolute Gasteiger partial charge is 0.271 e. The Balaban J connectivity index is 1.53. The number of hydrogen-bond donors (Lipinski definition) is 2. The molecular formula is C19H22N4O4. The number of nitrogens with two attached hydrogens (primary N) is 1. The molecule has 2 aromatic rings. The van der Waals surface area contributed by atoms with Crippen LogP contribution in [0.25, 0.3) is 0 Å². The highest BCUT2D eigenvalue weighted by molar-refractivity contribution is 5.99. The standard InChI is InChI=1S/C19H22N4O4/c20-18-10-15(23(25)26)6-7-17(18)19(24)21-11-16-13-22(8-9-27-16)12-14-4-2-1-3-5-14/h1-7,10,16H,8-9,11-13,20H2,(H,21,24). The molecule has 142 valence electrons. The van der Waals surface area contributed by atoms with Gasteiger partial charge in [0.1, 0.15) is 0 Å². The van der Waals surface area contributed by atoms with Gasteiger partial charge in [-0.25, -0.2) is 0 Å². The molecule has 0 aromatic heterocycles. The molecule has 1 saturated heterocycles. The number of non-ortho nitro benzene ring substituents is 1. The molecule has 3 rings (SSSR count). The second-order valence-corrected chi connectivity index (χ2v) is 6.45. The predicted molar refractivity (Wildman–Crippen MR) is 101 cm³/mol. The first kappa shape index (κ1) is 18.8. The zero-order valence-corrected chi connectivity index (χ0v) is 14.8. The number of nitro benzene ring substituents is 1. The van der Waals surface area contributed by atoms with Gasteiger partial charge in [-0.1, -0.05) is 30.3 Å². The summed E-state index contributed by atoms with van der Waals surface area (Å²) in [5.74, 6) is -0.369. The first-order chi connectivity index (χ1) is 13.0. The van der Waals surface area contributed by atoms with Crippen LogP contribution in [-0.4, -0.2) is 48.1 Å². The van der Waals surface area contributed by atoms with E-state index >= 15 is 0 Å². The van der Waals surface area contributed by atoms with Crippen molar-refractivity contribution in [1.82, 2.24) is 10.2 Å². The first-order valence-electron chi connectivity index (χ1n) is 8.73. The van der Waals surface area contributed by atoms with Crippen LogP contribution in [0.5, 0.6) is 0 Å². The lowest BCUT2D eigenvalue weighted by Crippen LogP contribution is -2.47. The largest absolute Gasteiger partial charge is 0.398 e. The van der Waals surface area contributed by atoms with Crippen molar-refractivity contribution < 1.29 is 14.5 Å². The van der Waals surface area contributed by atoms with Crippen LogP contribution in [0.3, 0.4) is 0 Å². The number of nitrogens with one attached hydrogen (secondary N) is 1. The van der Waals surface area contributed by atoms with Gasteiger partial charge in [0.15, 0.2) is 0 Å². The SMILES string of the molecule is Nc1cc([N+](=O)[O-])ccc1C(=O)NCC1CN(Cc2ccccc2)CCO1. The van der Waals surface area contributed by atoms with Crippen molar-refractivity contribution in [3.05, 3.63) is 69.8 Å². The maximum Gasteiger partial charge on any atom is 0.271 e. The number of carbonyl (C=O) groups excluding carboxylic acids is 1. The molecule has 0 spiro atoms. The van der Waals surface area contributed by atoms with Gasteiger partial charge in [0.2, 0.25) is 0 Å². The van der Waals surface area contributed by atoms with E-state index < -0.39 is 4.92 Å². The van der Waals surface area contributed by atoms with Gasteiger partial charge in [-0.3, -0.25) is 19.8 Å². The minimum atomic E-state index is -0.546. The third kappa shape index (κ3) is 5.02. The van der Waals surface area contributed by atoms with Gasteiger partial charge in [-0.15, -0.1) is 0 Å². The van der Waals surface area contributed by atoms with E-state index in [4.69, 9.17) is 10.5 Å². The minimum Gasteiger partial charge on any atom is -0.398 e. The van der Waals surface area contributed by atoms with Crippen LogP contribution in [0.4, 0.5) is 11.4 Å². The molecule has 8 heteroatoms. The van der Waals surface area contributed by atoms with Crippen molar-refractivity contribution in [1.29, 1.82) is 0 Å². The van der Waals surface area contributed by atoms with Crippen molar-refractivity contribution in [2.75, 3.05) is 32.0 Å². The third-order valence-corrected chi connectivity index (χ3v) is 4.45. The Morgan fingerprint density at radius 3 is 2.78 bits per heavy atom. The molecule has 0 saturated carbocycles. The zero-order chi connectivity index (χ0) is 19.2. The summed E-state index contributed by atoms with van der Waals surface area (Å²) in [6, 6.07) is 14.0. The van der Waals surface area contributed by atoms with Crippen molar-refractivity contribution in [2.24, 2.45) is 0 Å². The van der Waals surface area contributed by atoms with E-state index in [0.717, 1.165) is 13.1 Å². The summed E-state index contributed by atoms with van der Waals surface area (Å²) in [4.78, 5) is 24.8. The average molecular weight is 370 g/mol. The number of nitrogen functional groups attached to an aromatic ring is 1. The molecule has 27 heavy (non-hydrogen) atoms. The predicted octanol–water partition coefficient (Wildman–Crippen LogP) is 1.81. The Labute approximate surface area is 157 Å². The molecule has 1 aliphatic rings. The highest BCUT2D eigenvalue weighted by Crippen LogP contribution is 2.19. The highest BCUT2D eigenvalue weighted by Gasteiger charge is 2.22. The van der Waals surface area contributed by atoms with Crippen LogP contribution in [0.15, 0.2) is 48.5 Å². The number of nitrogens with zero attached hydrogens (tertiary/aromatic N) is 2. The number of hydrogen-bond acceptors (Lipinski definition) is 6. The molecule has 1 fully saturated rings. The van der Waals surface area contributed by atoms with Crippen LogP contribution in [0.1, 0.15) is 15.9 Å². The van der Waals surface area contributed by atoms with Gasteiger partial charge in [0, 0.05) is 38.3 Å². The summed E-state index contributed by atoms with van der Waals surface area (Å²) < 4.78 is 5.74. The van der Waals surface area contributed by atoms with Gasteiger partial charge < -0.3 is 15.8 Å². The fraction of sp³-hybridized carbons (Fsp3) is 0.316. The lowest BCUT2D eigenvalue weighted by Gasteiger charge is -2.33. The number of amides is 1. The summed E-state index contributed by atoms with van der Waals surface area (Å²) in [6.07, 6.45) is -0.120. The molecule has 1 amide bonds. The van der Waals surface area contributed by atoms with E-state index in [0.29, 0.717) is 19.7 Å². The van der Waals surface area contributed by atoms with E-state index in [-0.39, 0.29) is 28.9 Å². The second kappa shape index (κ2) is 8.61. The number of morpholine rings is 1. The van der Waals surface area contributed by atoms with Crippen LogP contribution in [0.2, 0.25) is 0 Å². The van der Waals surface area contributed by atoms with Crippen molar-refractivity contribution >= 4 is 17.3 Å². The van der Waals surface area contributed by atoms with E-state index in [9.17, 15) is 14.9 Å². The molecule has 1 atom stereocenters. The monoisotopic (exact) mass is 370 g/mol. The number of nitro groups is 1. The van der Waals surface area contributed by atoms with E-state index in [1.165, 1.54) is 23.8 Å². The molecule has 1 unspecified atom stereocenters. The lowest BCUT2D eigenvalue weighted by atomic mass is 10.1. The van der Waals surface area contributed by atoms with Crippen LogP contribution in [0, 0.1) is 10.1 Å². The van der Waals surface area contributed by atoms with E-state index in [2.05, 4.69) is 22.3 Å². The Morgan fingerprint density at radius 2 is 2.07 bits per heavy atom. The number of anilines is 1. The quantitative estimate of drug-likeness (QED) is 0.456. The number of rotatable bonds is 6. The summed E-state index contributed by atoms with van der Waals surface area (Å²) in [5, 5.41) is 13.6. The van der Waals surface area contributed by atoms with Crippen LogP contribution >= 0.6 is 0 Å². The van der Waals surface area contributed by atoms with Crippen molar-refractivity contribution in [3.63, 3.8) is 0 Å². The number of benzene rings is 2. The zero-order valence-electron chi connectivity index (χ0n) is 14.8. The molecule has 0 bridgehead atoms. The molecule has 3 N–H and O–H groups in total. The molecular weight excluding hydrogens is 348 g/mol. The lowest BCUT2D eigenvalue weighted by molar-refractivity contribution is -0.384. The fourth-order valence-electron chi connectivity index (χ4n) is 3.06. The molecule has 1 aliphatic heterocycles. The first-order valence-corrected chi connectivity index (χ1v) is 8.73. The fourth-order valence-corrected chi connectivity index (χ4v) is 3.06. The van der Waals surface area contributed by atoms with Crippen molar-refractivity contribution in [3.8, 4) is 0 Å². The molecule has 2 aromatic carbocycles. The van der Waals surface area contributed by atoms with Gasteiger partial charge in [-0.2, -0.15) is 0 Å². The summed E-state index contributed by atoms with van der Waals surface area (Å²) in [7, 11) is 0. The summed E-state index contributed by atoms with van der Waals surface area (Å²) in [5.41, 5.74) is 7.17. The Morgan fingerprint density at radius 1 is 1.30 bits per heavy atom. The maximum absolute atomic E-state index is 12.3. The van der Waals surface area contributed by atoms with Crippen LogP contribution in [-0.2, 0) is 11.3 Å². The summed E-state index contributed by atoms with van der Waals surface area (Å²) in [6.45, 7) is 3.34. The normalized spacial score (nSPS) is 17.4. The highest BCUT2D eigenvalue weighted by atomic mass is 16.6. The third-order valence-electron chi connectivity index (χ3n) is 4.45. The second-order valence-electron chi connectivity index (χ2n) is 6.45. The molecule has 0 radical (unpaired) electrons. The Hall–Kier alpha value is -2.97. The molecule has 1 heterocycles. The van der Waals surface area contributed by atoms with Gasteiger partial charge in [-0.05, 0) is 11.6 Å². The Bertz CT molecular complexity index is 813. The van der Waals surface area contributed by atoms with Crippen molar-refractivity contribution in [2.45, 2.75) is 12.6 Å². The topological polar surface area (TPSA) is 111 Å². The van der Waals surface area contributed by atoms with Gasteiger partial charge in [0.25, 0.3) is 11.6 Å². The maximum atomic E-state index is 12.3. The van der Waals surface area contributed by atoms with Gasteiger partial charge in [0.05, 0.1) is 28.9 Å². The van der Waals surface area contributed by atoms with Crippen LogP contribution < -0.4 is 11.1 Å². The number of ether oxygens (including phenoxy) is 1. The minimum absolute atomic E-state index is 0.0805. The van der Waals surface area contributed by atoms with E-state index in [1.807, 2.05) is 18.2 Å². The summed E-state index contributed by atoms with van der Waals surface area (Å²) >= 11 is 0. The number of carbonyl (C=O) groups is 1. The average Bonchev–Trinajstić information content (AvgIpc) is 2.67. The van der Waals surface area contributed by atoms with Gasteiger partial charge >= 0.3 is 0 Å². The molecule has 8 nitrogen and oxygen atoms in total. The Kier molecular flexibility index (Phi) is 6.00.